The van der Waals surface area contributed by atoms with Gasteiger partial charge in [0.25, 0.3) is 0 Å². The van der Waals surface area contributed by atoms with Gasteiger partial charge in [0.05, 0.1) is 17.4 Å². The Labute approximate surface area is 118 Å². The SMILES string of the molecule is Cc1ccc(NC(=O)CCCOC(C)C)c(C(=O)O)c1. The van der Waals surface area contributed by atoms with Crippen LogP contribution in [-0.2, 0) is 9.53 Å². The second kappa shape index (κ2) is 7.65. The summed E-state index contributed by atoms with van der Waals surface area (Å²) >= 11 is 0. The highest BCUT2D eigenvalue weighted by atomic mass is 16.5. The number of aromatic carboxylic acids is 1. The van der Waals surface area contributed by atoms with Crippen molar-refractivity contribution >= 4 is 17.6 Å². The molecule has 0 aliphatic carbocycles. The molecule has 0 saturated carbocycles. The molecule has 0 saturated heterocycles. The molecule has 0 atom stereocenters. The van der Waals surface area contributed by atoms with Crippen LogP contribution in [0.25, 0.3) is 0 Å². The fourth-order valence-corrected chi connectivity index (χ4v) is 1.71. The van der Waals surface area contributed by atoms with Crippen LogP contribution in [0, 0.1) is 6.92 Å². The summed E-state index contributed by atoms with van der Waals surface area (Å²) in [6.07, 6.45) is 1.06. The molecule has 0 heterocycles. The van der Waals surface area contributed by atoms with E-state index in [0.717, 1.165) is 5.56 Å². The minimum Gasteiger partial charge on any atom is -0.478 e. The Morgan fingerprint density at radius 3 is 2.65 bits per heavy atom. The second-order valence-corrected chi connectivity index (χ2v) is 4.93. The maximum absolute atomic E-state index is 11.8. The molecule has 0 aliphatic rings. The van der Waals surface area contributed by atoms with Crippen LogP contribution in [0.4, 0.5) is 5.69 Å². The van der Waals surface area contributed by atoms with Gasteiger partial charge in [-0.25, -0.2) is 4.79 Å². The largest absolute Gasteiger partial charge is 0.478 e. The van der Waals surface area contributed by atoms with E-state index in [1.165, 1.54) is 0 Å². The van der Waals surface area contributed by atoms with Crippen molar-refractivity contribution in [2.45, 2.75) is 39.7 Å². The van der Waals surface area contributed by atoms with E-state index >= 15 is 0 Å². The van der Waals surface area contributed by atoms with Gasteiger partial charge in [-0.05, 0) is 39.3 Å². The quantitative estimate of drug-likeness (QED) is 0.752. The normalized spacial score (nSPS) is 10.6. The Balaban J connectivity index is 2.55. The van der Waals surface area contributed by atoms with Crippen LogP contribution >= 0.6 is 0 Å². The number of nitrogens with one attached hydrogen (secondary N) is 1. The van der Waals surface area contributed by atoms with Gasteiger partial charge in [-0.15, -0.1) is 0 Å². The van der Waals surface area contributed by atoms with Crippen molar-refractivity contribution in [1.29, 1.82) is 0 Å². The Kier molecular flexibility index (Phi) is 6.18. The Morgan fingerprint density at radius 2 is 2.05 bits per heavy atom. The van der Waals surface area contributed by atoms with Crippen LogP contribution in [0.2, 0.25) is 0 Å². The van der Waals surface area contributed by atoms with Crippen LogP contribution in [0.15, 0.2) is 18.2 Å². The lowest BCUT2D eigenvalue weighted by Crippen LogP contribution is -2.15. The molecule has 0 aromatic heterocycles. The van der Waals surface area contributed by atoms with Gasteiger partial charge in [0.1, 0.15) is 0 Å². The molecule has 0 unspecified atom stereocenters. The molecule has 0 aliphatic heterocycles. The van der Waals surface area contributed by atoms with E-state index in [-0.39, 0.29) is 17.6 Å². The van der Waals surface area contributed by atoms with Crippen molar-refractivity contribution in [2.24, 2.45) is 0 Å². The van der Waals surface area contributed by atoms with Crippen molar-refractivity contribution in [2.75, 3.05) is 11.9 Å². The number of hydrogen-bond donors (Lipinski definition) is 2. The summed E-state index contributed by atoms with van der Waals surface area (Å²) in [6, 6.07) is 4.92. The molecule has 1 aromatic rings. The maximum atomic E-state index is 11.8. The fraction of sp³-hybridized carbons (Fsp3) is 0.467. The Morgan fingerprint density at radius 1 is 1.35 bits per heavy atom. The van der Waals surface area contributed by atoms with E-state index in [2.05, 4.69) is 5.32 Å². The molecule has 0 bridgehead atoms. The number of hydrogen-bond acceptors (Lipinski definition) is 3. The first-order valence-corrected chi connectivity index (χ1v) is 6.65. The standard InChI is InChI=1S/C15H21NO4/c1-10(2)20-8-4-5-14(17)16-13-7-6-11(3)9-12(13)15(18)19/h6-7,9-10H,4-5,8H2,1-3H3,(H,16,17)(H,18,19). The van der Waals surface area contributed by atoms with Gasteiger partial charge < -0.3 is 15.2 Å². The summed E-state index contributed by atoms with van der Waals surface area (Å²) in [6.45, 7) is 6.20. The molecule has 110 valence electrons. The molecule has 5 nitrogen and oxygen atoms in total. The minimum atomic E-state index is -1.05. The van der Waals surface area contributed by atoms with Gasteiger partial charge in [0, 0.05) is 13.0 Å². The number of amides is 1. The van der Waals surface area contributed by atoms with Crippen molar-refractivity contribution < 1.29 is 19.4 Å². The molecule has 20 heavy (non-hydrogen) atoms. The molecular weight excluding hydrogens is 258 g/mol. The zero-order chi connectivity index (χ0) is 15.1. The number of ether oxygens (including phenoxy) is 1. The highest BCUT2D eigenvalue weighted by molar-refractivity contribution is 6.00. The van der Waals surface area contributed by atoms with Crippen molar-refractivity contribution in [1.82, 2.24) is 0 Å². The first-order valence-electron chi connectivity index (χ1n) is 6.65. The van der Waals surface area contributed by atoms with Gasteiger partial charge in [-0.3, -0.25) is 4.79 Å². The molecule has 1 amide bonds. The molecule has 2 N–H and O–H groups in total. The van der Waals surface area contributed by atoms with Gasteiger partial charge in [-0.1, -0.05) is 11.6 Å². The van der Waals surface area contributed by atoms with Gasteiger partial charge in [0.2, 0.25) is 5.91 Å². The number of benzene rings is 1. The molecule has 5 heteroatoms. The monoisotopic (exact) mass is 279 g/mol. The molecule has 1 aromatic carbocycles. The number of anilines is 1. The number of carboxylic acid groups (broad SMARTS) is 1. The van der Waals surface area contributed by atoms with Gasteiger partial charge in [0.15, 0.2) is 0 Å². The van der Waals surface area contributed by atoms with Crippen molar-refractivity contribution in [3.8, 4) is 0 Å². The van der Waals surface area contributed by atoms with Crippen LogP contribution < -0.4 is 5.32 Å². The summed E-state index contributed by atoms with van der Waals surface area (Å²) < 4.78 is 5.35. The Hall–Kier alpha value is -1.88. The first kappa shape index (κ1) is 16.2. The third-order valence-electron chi connectivity index (χ3n) is 2.68. The van der Waals surface area contributed by atoms with Gasteiger partial charge >= 0.3 is 5.97 Å². The van der Waals surface area contributed by atoms with E-state index in [1.807, 2.05) is 13.8 Å². The zero-order valence-corrected chi connectivity index (χ0v) is 12.1. The average Bonchev–Trinajstić information content (AvgIpc) is 2.36. The van der Waals surface area contributed by atoms with Crippen LogP contribution in [0.3, 0.4) is 0 Å². The van der Waals surface area contributed by atoms with E-state index < -0.39 is 5.97 Å². The van der Waals surface area contributed by atoms with Crippen LogP contribution in [0.1, 0.15) is 42.6 Å². The van der Waals surface area contributed by atoms with Crippen molar-refractivity contribution in [3.05, 3.63) is 29.3 Å². The lowest BCUT2D eigenvalue weighted by atomic mass is 10.1. The molecule has 0 fully saturated rings. The second-order valence-electron chi connectivity index (χ2n) is 4.93. The number of carbonyl (C=O) groups is 2. The lowest BCUT2D eigenvalue weighted by Gasteiger charge is -2.10. The maximum Gasteiger partial charge on any atom is 0.337 e. The summed E-state index contributed by atoms with van der Waals surface area (Å²) in [5, 5.41) is 11.7. The van der Waals surface area contributed by atoms with E-state index in [4.69, 9.17) is 9.84 Å². The van der Waals surface area contributed by atoms with Crippen LogP contribution in [-0.4, -0.2) is 29.7 Å². The third-order valence-corrected chi connectivity index (χ3v) is 2.68. The molecule has 0 spiro atoms. The van der Waals surface area contributed by atoms with Crippen LogP contribution in [0.5, 0.6) is 0 Å². The Bertz CT molecular complexity index is 483. The first-order chi connectivity index (χ1) is 9.40. The van der Waals surface area contributed by atoms with E-state index in [9.17, 15) is 9.59 Å². The number of rotatable bonds is 7. The average molecular weight is 279 g/mol. The summed E-state index contributed by atoms with van der Waals surface area (Å²) in [4.78, 5) is 22.9. The number of aryl methyl sites for hydroxylation is 1. The number of carboxylic acids is 1. The van der Waals surface area contributed by atoms with E-state index in [0.29, 0.717) is 25.1 Å². The topological polar surface area (TPSA) is 75.6 Å². The molecular formula is C15H21NO4. The predicted octanol–water partition coefficient (Wildman–Crippen LogP) is 2.84. The summed E-state index contributed by atoms with van der Waals surface area (Å²) in [5.41, 5.74) is 1.28. The van der Waals surface area contributed by atoms with Crippen molar-refractivity contribution in [3.63, 3.8) is 0 Å². The highest BCUT2D eigenvalue weighted by Crippen LogP contribution is 2.17. The molecule has 1 rings (SSSR count). The summed E-state index contributed by atoms with van der Waals surface area (Å²) in [5.74, 6) is -1.25. The predicted molar refractivity (Wildman–Crippen MR) is 77.1 cm³/mol. The fourth-order valence-electron chi connectivity index (χ4n) is 1.71. The van der Waals surface area contributed by atoms with Gasteiger partial charge in [-0.2, -0.15) is 0 Å². The zero-order valence-electron chi connectivity index (χ0n) is 12.1. The smallest absolute Gasteiger partial charge is 0.337 e. The molecule has 0 radical (unpaired) electrons. The van der Waals surface area contributed by atoms with E-state index in [1.54, 1.807) is 25.1 Å². The summed E-state index contributed by atoms with van der Waals surface area (Å²) in [7, 11) is 0. The minimum absolute atomic E-state index is 0.108. The number of carbonyl (C=O) groups excluding carboxylic acids is 1. The third kappa shape index (κ3) is 5.40. The lowest BCUT2D eigenvalue weighted by molar-refractivity contribution is -0.116. The highest BCUT2D eigenvalue weighted by Gasteiger charge is 2.12.